The highest BCUT2D eigenvalue weighted by Crippen LogP contribution is 2.24. The average Bonchev–Trinajstić information content (AvgIpc) is 2.46. The molecule has 0 heterocycles. The van der Waals surface area contributed by atoms with E-state index in [1.165, 1.54) is 0 Å². The number of likely N-dealkylation sites (N-methyl/N-ethyl adjacent to an activating group) is 1. The molecule has 0 fully saturated rings. The van der Waals surface area contributed by atoms with E-state index in [1.54, 1.807) is 18.7 Å². The number of anilines is 1. The Hall–Kier alpha value is -1.53. The van der Waals surface area contributed by atoms with Crippen molar-refractivity contribution in [1.82, 2.24) is 4.90 Å². The molecule has 0 saturated carbocycles. The molecule has 0 radical (unpaired) electrons. The summed E-state index contributed by atoms with van der Waals surface area (Å²) in [5.74, 6) is -1.46. The molecular weight excluding hydrogens is 288 g/mol. The van der Waals surface area contributed by atoms with Crippen molar-refractivity contribution < 1.29 is 14.7 Å². The number of carboxylic acid groups (broad SMARTS) is 1. The van der Waals surface area contributed by atoms with Gasteiger partial charge < -0.3 is 10.4 Å². The zero-order valence-corrected chi connectivity index (χ0v) is 13.4. The zero-order valence-electron chi connectivity index (χ0n) is 12.6. The van der Waals surface area contributed by atoms with Crippen LogP contribution in [0.5, 0.6) is 0 Å². The van der Waals surface area contributed by atoms with Crippen LogP contribution in [0.2, 0.25) is 0 Å². The van der Waals surface area contributed by atoms with Gasteiger partial charge in [-0.2, -0.15) is 0 Å². The van der Waals surface area contributed by atoms with Crippen LogP contribution in [-0.4, -0.2) is 47.8 Å². The molecule has 0 bridgehead atoms. The first-order chi connectivity index (χ1) is 9.97. The monoisotopic (exact) mass is 310 g/mol. The van der Waals surface area contributed by atoms with Gasteiger partial charge in [0.2, 0.25) is 5.91 Å². The van der Waals surface area contributed by atoms with Crippen LogP contribution in [0.3, 0.4) is 0 Å². The van der Waals surface area contributed by atoms with Crippen LogP contribution in [0.15, 0.2) is 29.2 Å². The van der Waals surface area contributed by atoms with Gasteiger partial charge in [-0.05, 0) is 24.9 Å². The molecule has 1 rings (SSSR count). The number of amides is 1. The summed E-state index contributed by atoms with van der Waals surface area (Å²) in [4.78, 5) is 25.8. The fourth-order valence-corrected chi connectivity index (χ4v) is 2.47. The summed E-state index contributed by atoms with van der Waals surface area (Å²) in [5.41, 5.74) is 0.789. The van der Waals surface area contributed by atoms with Crippen molar-refractivity contribution in [1.29, 1.82) is 0 Å². The molecule has 116 valence electrons. The van der Waals surface area contributed by atoms with E-state index in [4.69, 9.17) is 5.11 Å². The lowest BCUT2D eigenvalue weighted by molar-refractivity contribution is -0.142. The van der Waals surface area contributed by atoms with E-state index in [0.717, 1.165) is 10.6 Å². The zero-order chi connectivity index (χ0) is 15.8. The number of rotatable bonds is 8. The summed E-state index contributed by atoms with van der Waals surface area (Å²) in [5, 5.41) is 11.8. The Morgan fingerprint density at radius 1 is 1.38 bits per heavy atom. The van der Waals surface area contributed by atoms with Crippen molar-refractivity contribution in [2.24, 2.45) is 5.92 Å². The standard InChI is InChI=1S/C15H22N2O3S/c1-4-17(9-11(2)15(19)20)10-14(18)16-12-7-5-6-8-13(12)21-3/h5-8,11H,4,9-10H2,1-3H3,(H,16,18)(H,19,20). The predicted molar refractivity (Wildman–Crippen MR) is 85.8 cm³/mol. The SMILES string of the molecule is CCN(CC(=O)Nc1ccccc1SC)CC(C)C(=O)O. The maximum Gasteiger partial charge on any atom is 0.307 e. The number of carbonyl (C=O) groups is 2. The molecule has 0 aliphatic heterocycles. The lowest BCUT2D eigenvalue weighted by Crippen LogP contribution is -2.37. The van der Waals surface area contributed by atoms with Crippen LogP contribution in [0.1, 0.15) is 13.8 Å². The van der Waals surface area contributed by atoms with Gasteiger partial charge in [0.15, 0.2) is 0 Å². The van der Waals surface area contributed by atoms with Gasteiger partial charge in [0, 0.05) is 11.4 Å². The molecule has 6 heteroatoms. The number of aliphatic carboxylic acids is 1. The van der Waals surface area contributed by atoms with Crippen molar-refractivity contribution >= 4 is 29.3 Å². The average molecular weight is 310 g/mol. The van der Waals surface area contributed by atoms with E-state index in [1.807, 2.05) is 42.3 Å². The maximum absolute atomic E-state index is 12.1. The number of benzene rings is 1. The van der Waals surface area contributed by atoms with Gasteiger partial charge in [0.05, 0.1) is 18.2 Å². The summed E-state index contributed by atoms with van der Waals surface area (Å²) in [7, 11) is 0. The largest absolute Gasteiger partial charge is 0.481 e. The molecule has 0 aromatic heterocycles. The maximum atomic E-state index is 12.1. The minimum absolute atomic E-state index is 0.129. The normalized spacial score (nSPS) is 12.2. The van der Waals surface area contributed by atoms with E-state index in [0.29, 0.717) is 13.1 Å². The van der Waals surface area contributed by atoms with Gasteiger partial charge in [0.25, 0.3) is 0 Å². The third-order valence-corrected chi connectivity index (χ3v) is 3.94. The first-order valence-corrected chi connectivity index (χ1v) is 8.08. The van der Waals surface area contributed by atoms with E-state index in [-0.39, 0.29) is 12.5 Å². The molecular formula is C15H22N2O3S. The smallest absolute Gasteiger partial charge is 0.307 e. The molecule has 2 N–H and O–H groups in total. The molecule has 0 spiro atoms. The topological polar surface area (TPSA) is 69.6 Å². The van der Waals surface area contributed by atoms with Crippen molar-refractivity contribution in [3.05, 3.63) is 24.3 Å². The number of carbonyl (C=O) groups excluding carboxylic acids is 1. The van der Waals surface area contributed by atoms with Gasteiger partial charge in [-0.3, -0.25) is 14.5 Å². The van der Waals surface area contributed by atoms with Gasteiger partial charge in [-0.1, -0.05) is 26.0 Å². The Balaban J connectivity index is 2.60. The minimum Gasteiger partial charge on any atom is -0.481 e. The van der Waals surface area contributed by atoms with E-state index >= 15 is 0 Å². The fourth-order valence-electron chi connectivity index (χ4n) is 1.91. The number of hydrogen-bond acceptors (Lipinski definition) is 4. The molecule has 0 saturated heterocycles. The van der Waals surface area contributed by atoms with Gasteiger partial charge in [-0.15, -0.1) is 11.8 Å². The Bertz CT molecular complexity index is 494. The number of para-hydroxylation sites is 1. The van der Waals surface area contributed by atoms with Crippen LogP contribution < -0.4 is 5.32 Å². The van der Waals surface area contributed by atoms with Gasteiger partial charge >= 0.3 is 5.97 Å². The highest BCUT2D eigenvalue weighted by Gasteiger charge is 2.17. The van der Waals surface area contributed by atoms with Crippen LogP contribution >= 0.6 is 11.8 Å². The number of hydrogen-bond donors (Lipinski definition) is 2. The van der Waals surface area contributed by atoms with E-state index in [2.05, 4.69) is 5.32 Å². The summed E-state index contributed by atoms with van der Waals surface area (Å²) in [6.07, 6.45) is 1.96. The Kier molecular flexibility index (Phi) is 7.25. The summed E-state index contributed by atoms with van der Waals surface area (Å²) in [6, 6.07) is 7.61. The second-order valence-corrected chi connectivity index (χ2v) is 5.66. The van der Waals surface area contributed by atoms with Crippen molar-refractivity contribution in [3.8, 4) is 0 Å². The Morgan fingerprint density at radius 2 is 2.05 bits per heavy atom. The van der Waals surface area contributed by atoms with E-state index in [9.17, 15) is 9.59 Å². The molecule has 1 amide bonds. The molecule has 1 atom stereocenters. The highest BCUT2D eigenvalue weighted by molar-refractivity contribution is 7.98. The molecule has 1 unspecified atom stereocenters. The molecule has 5 nitrogen and oxygen atoms in total. The fraction of sp³-hybridized carbons (Fsp3) is 0.467. The Morgan fingerprint density at radius 3 is 2.62 bits per heavy atom. The second-order valence-electron chi connectivity index (χ2n) is 4.82. The quantitative estimate of drug-likeness (QED) is 0.722. The summed E-state index contributed by atoms with van der Waals surface area (Å²) < 4.78 is 0. The van der Waals surface area contributed by atoms with Crippen molar-refractivity contribution in [3.63, 3.8) is 0 Å². The number of thioether (sulfide) groups is 1. The van der Waals surface area contributed by atoms with Crippen LogP contribution in [0.25, 0.3) is 0 Å². The third kappa shape index (κ3) is 5.77. The van der Waals surface area contributed by atoms with Gasteiger partial charge in [0.1, 0.15) is 0 Å². The highest BCUT2D eigenvalue weighted by atomic mass is 32.2. The predicted octanol–water partition coefficient (Wildman–Crippen LogP) is 2.39. The summed E-state index contributed by atoms with van der Waals surface area (Å²) >= 11 is 1.57. The number of carboxylic acids is 1. The Labute approximate surface area is 129 Å². The lowest BCUT2D eigenvalue weighted by Gasteiger charge is -2.22. The molecule has 1 aromatic carbocycles. The van der Waals surface area contributed by atoms with Crippen LogP contribution in [0, 0.1) is 5.92 Å². The van der Waals surface area contributed by atoms with Gasteiger partial charge in [-0.25, -0.2) is 0 Å². The number of nitrogens with one attached hydrogen (secondary N) is 1. The van der Waals surface area contributed by atoms with E-state index < -0.39 is 11.9 Å². The molecule has 0 aliphatic carbocycles. The van der Waals surface area contributed by atoms with Crippen molar-refractivity contribution in [2.75, 3.05) is 31.2 Å². The molecule has 0 aliphatic rings. The first kappa shape index (κ1) is 17.5. The van der Waals surface area contributed by atoms with Crippen molar-refractivity contribution in [2.45, 2.75) is 18.7 Å². The van der Waals surface area contributed by atoms with Crippen LogP contribution in [-0.2, 0) is 9.59 Å². The lowest BCUT2D eigenvalue weighted by atomic mass is 10.1. The molecule has 21 heavy (non-hydrogen) atoms. The first-order valence-electron chi connectivity index (χ1n) is 6.86. The third-order valence-electron chi connectivity index (χ3n) is 3.15. The van der Waals surface area contributed by atoms with Crippen LogP contribution in [0.4, 0.5) is 5.69 Å². The second kappa shape index (κ2) is 8.69. The minimum atomic E-state index is -0.846. The molecule has 1 aromatic rings. The number of nitrogens with zero attached hydrogens (tertiary/aromatic N) is 1. The summed E-state index contributed by atoms with van der Waals surface area (Å²) in [6.45, 7) is 4.75.